The Balaban J connectivity index is 0.00000200. The lowest BCUT2D eigenvalue weighted by Crippen LogP contribution is -2.51. The van der Waals surface area contributed by atoms with Gasteiger partial charge in [0.1, 0.15) is 0 Å². The Kier molecular flexibility index (Phi) is 6.03. The summed E-state index contributed by atoms with van der Waals surface area (Å²) in [6.07, 6.45) is 5.65. The summed E-state index contributed by atoms with van der Waals surface area (Å²) in [5.74, 6) is -0.00658. The molecule has 0 spiro atoms. The van der Waals surface area contributed by atoms with Crippen LogP contribution in [0.1, 0.15) is 53.6 Å². The Morgan fingerprint density at radius 1 is 1.25 bits per heavy atom. The molecule has 0 bridgehead atoms. The lowest BCUT2D eigenvalue weighted by molar-refractivity contribution is 0.0937. The molecular weight excluding hydrogens is 272 g/mol. The van der Waals surface area contributed by atoms with Gasteiger partial charge in [0.2, 0.25) is 0 Å². The zero-order chi connectivity index (χ0) is 13.9. The minimum absolute atomic E-state index is 0. The van der Waals surface area contributed by atoms with Crippen LogP contribution in [0.15, 0.2) is 18.2 Å². The summed E-state index contributed by atoms with van der Waals surface area (Å²) >= 11 is 0. The van der Waals surface area contributed by atoms with Gasteiger partial charge in [-0.3, -0.25) is 4.79 Å². The Bertz CT molecular complexity index is 468. The topological polar surface area (TPSA) is 55.1 Å². The minimum Gasteiger partial charge on any atom is -0.350 e. The third kappa shape index (κ3) is 4.22. The average Bonchev–Trinajstić information content (AvgIpc) is 2.37. The standard InChI is InChI=1S/C16H24N2O.ClH/c1-12-6-7-14(13(2)10-12)15(19)18-11-16(17)8-4-3-5-9-16;/h6-7,10H,3-5,8-9,11,17H2,1-2H3,(H,18,19);1H. The average molecular weight is 297 g/mol. The zero-order valence-corrected chi connectivity index (χ0v) is 13.2. The number of carbonyl (C=O) groups is 1. The van der Waals surface area contributed by atoms with E-state index in [1.54, 1.807) is 0 Å². The van der Waals surface area contributed by atoms with Crippen molar-refractivity contribution in [1.82, 2.24) is 5.32 Å². The monoisotopic (exact) mass is 296 g/mol. The lowest BCUT2D eigenvalue weighted by atomic mass is 9.82. The predicted octanol–water partition coefficient (Wildman–Crippen LogP) is 3.12. The third-order valence-corrected chi connectivity index (χ3v) is 4.08. The van der Waals surface area contributed by atoms with Gasteiger partial charge < -0.3 is 11.1 Å². The molecule has 1 aromatic carbocycles. The molecule has 1 fully saturated rings. The molecule has 0 atom stereocenters. The van der Waals surface area contributed by atoms with Gasteiger partial charge >= 0.3 is 0 Å². The zero-order valence-electron chi connectivity index (χ0n) is 12.4. The fourth-order valence-electron chi connectivity index (χ4n) is 2.85. The molecule has 2 rings (SSSR count). The Morgan fingerprint density at radius 3 is 2.50 bits per heavy atom. The number of hydrogen-bond donors (Lipinski definition) is 2. The minimum atomic E-state index is -0.202. The van der Waals surface area contributed by atoms with Gasteiger partial charge in [-0.1, -0.05) is 37.0 Å². The lowest BCUT2D eigenvalue weighted by Gasteiger charge is -2.33. The van der Waals surface area contributed by atoms with Crippen molar-refractivity contribution in [3.8, 4) is 0 Å². The van der Waals surface area contributed by atoms with Crippen LogP contribution in [0.25, 0.3) is 0 Å². The van der Waals surface area contributed by atoms with Crippen LogP contribution in [-0.4, -0.2) is 18.0 Å². The van der Waals surface area contributed by atoms with Gasteiger partial charge in [0.25, 0.3) is 5.91 Å². The van der Waals surface area contributed by atoms with Crippen LogP contribution >= 0.6 is 12.4 Å². The number of hydrogen-bond acceptors (Lipinski definition) is 2. The van der Waals surface area contributed by atoms with Gasteiger partial charge in [-0.2, -0.15) is 0 Å². The molecule has 4 heteroatoms. The summed E-state index contributed by atoms with van der Waals surface area (Å²) in [6, 6.07) is 5.90. The van der Waals surface area contributed by atoms with E-state index < -0.39 is 0 Å². The van der Waals surface area contributed by atoms with Gasteiger partial charge in [-0.05, 0) is 38.3 Å². The maximum Gasteiger partial charge on any atom is 0.251 e. The first-order valence-electron chi connectivity index (χ1n) is 7.15. The Morgan fingerprint density at radius 2 is 1.90 bits per heavy atom. The van der Waals surface area contributed by atoms with E-state index in [1.807, 2.05) is 32.0 Å². The van der Waals surface area contributed by atoms with Crippen molar-refractivity contribution in [2.24, 2.45) is 5.73 Å². The second kappa shape index (κ2) is 7.09. The smallest absolute Gasteiger partial charge is 0.251 e. The molecule has 0 unspecified atom stereocenters. The molecule has 0 aliphatic heterocycles. The van der Waals surface area contributed by atoms with Gasteiger partial charge in [0, 0.05) is 17.6 Å². The normalized spacial score (nSPS) is 17.1. The van der Waals surface area contributed by atoms with E-state index in [9.17, 15) is 4.79 Å². The summed E-state index contributed by atoms with van der Waals surface area (Å²) in [4.78, 5) is 12.2. The third-order valence-electron chi connectivity index (χ3n) is 4.08. The molecular formula is C16H25ClN2O. The van der Waals surface area contributed by atoms with Crippen molar-refractivity contribution in [2.75, 3.05) is 6.54 Å². The number of halogens is 1. The van der Waals surface area contributed by atoms with Crippen molar-refractivity contribution in [3.05, 3.63) is 34.9 Å². The van der Waals surface area contributed by atoms with E-state index in [0.717, 1.165) is 24.0 Å². The molecule has 3 nitrogen and oxygen atoms in total. The van der Waals surface area contributed by atoms with Crippen LogP contribution in [0, 0.1) is 13.8 Å². The first-order chi connectivity index (χ1) is 9.00. The molecule has 3 N–H and O–H groups in total. The maximum absolute atomic E-state index is 12.2. The van der Waals surface area contributed by atoms with Gasteiger partial charge in [-0.15, -0.1) is 12.4 Å². The maximum atomic E-state index is 12.2. The Labute approximate surface area is 127 Å². The summed E-state index contributed by atoms with van der Waals surface area (Å²) in [7, 11) is 0. The molecule has 112 valence electrons. The summed E-state index contributed by atoms with van der Waals surface area (Å²) in [6.45, 7) is 4.59. The molecule has 20 heavy (non-hydrogen) atoms. The van der Waals surface area contributed by atoms with Crippen molar-refractivity contribution in [1.29, 1.82) is 0 Å². The number of nitrogens with two attached hydrogens (primary N) is 1. The predicted molar refractivity (Wildman–Crippen MR) is 85.5 cm³/mol. The molecule has 0 radical (unpaired) electrons. The summed E-state index contributed by atoms with van der Waals surface area (Å²) in [5, 5.41) is 3.01. The highest BCUT2D eigenvalue weighted by Crippen LogP contribution is 2.25. The fraction of sp³-hybridized carbons (Fsp3) is 0.562. The molecule has 0 aromatic heterocycles. The summed E-state index contributed by atoms with van der Waals surface area (Å²) in [5.41, 5.74) is 9.08. The largest absolute Gasteiger partial charge is 0.350 e. The number of benzene rings is 1. The molecule has 1 aromatic rings. The van der Waals surface area contributed by atoms with E-state index in [2.05, 4.69) is 5.32 Å². The second-order valence-corrected chi connectivity index (χ2v) is 5.92. The van der Waals surface area contributed by atoms with Crippen molar-refractivity contribution < 1.29 is 4.79 Å². The van der Waals surface area contributed by atoms with Crippen LogP contribution < -0.4 is 11.1 Å². The highest BCUT2D eigenvalue weighted by atomic mass is 35.5. The van der Waals surface area contributed by atoms with Gasteiger partial charge in [0.05, 0.1) is 0 Å². The van der Waals surface area contributed by atoms with E-state index in [1.165, 1.54) is 24.8 Å². The van der Waals surface area contributed by atoms with E-state index in [4.69, 9.17) is 5.73 Å². The molecule has 1 saturated carbocycles. The number of rotatable bonds is 3. The highest BCUT2D eigenvalue weighted by molar-refractivity contribution is 5.95. The van der Waals surface area contributed by atoms with E-state index in [-0.39, 0.29) is 23.9 Å². The van der Waals surface area contributed by atoms with Gasteiger partial charge in [0.15, 0.2) is 0 Å². The van der Waals surface area contributed by atoms with Gasteiger partial charge in [-0.25, -0.2) is 0 Å². The van der Waals surface area contributed by atoms with Crippen LogP contribution in [-0.2, 0) is 0 Å². The number of carbonyl (C=O) groups excluding carboxylic acids is 1. The van der Waals surface area contributed by atoms with Crippen molar-refractivity contribution >= 4 is 18.3 Å². The molecule has 0 saturated heterocycles. The first-order valence-corrected chi connectivity index (χ1v) is 7.15. The Hall–Kier alpha value is -1.06. The molecule has 1 aliphatic rings. The molecule has 1 aliphatic carbocycles. The van der Waals surface area contributed by atoms with E-state index in [0.29, 0.717) is 6.54 Å². The fourth-order valence-corrected chi connectivity index (χ4v) is 2.85. The SMILES string of the molecule is Cc1ccc(C(=O)NCC2(N)CCCCC2)c(C)c1.Cl. The second-order valence-electron chi connectivity index (χ2n) is 5.92. The highest BCUT2D eigenvalue weighted by Gasteiger charge is 2.27. The van der Waals surface area contributed by atoms with Crippen LogP contribution in [0.3, 0.4) is 0 Å². The number of amides is 1. The van der Waals surface area contributed by atoms with E-state index >= 15 is 0 Å². The van der Waals surface area contributed by atoms with Crippen molar-refractivity contribution in [2.45, 2.75) is 51.5 Å². The van der Waals surface area contributed by atoms with Crippen LogP contribution in [0.5, 0.6) is 0 Å². The first kappa shape index (κ1) is 17.0. The van der Waals surface area contributed by atoms with Crippen LogP contribution in [0.4, 0.5) is 0 Å². The number of nitrogens with one attached hydrogen (secondary N) is 1. The summed E-state index contributed by atoms with van der Waals surface area (Å²) < 4.78 is 0. The number of aryl methyl sites for hydroxylation is 2. The van der Waals surface area contributed by atoms with Crippen LogP contribution in [0.2, 0.25) is 0 Å². The van der Waals surface area contributed by atoms with Crippen molar-refractivity contribution in [3.63, 3.8) is 0 Å². The molecule has 0 heterocycles. The molecule has 1 amide bonds. The quantitative estimate of drug-likeness (QED) is 0.900.